The first-order valence-corrected chi connectivity index (χ1v) is 4.72. The molecular weight excluding hydrogens is 162 g/mol. The minimum absolute atomic E-state index is 0.225. The van der Waals surface area contributed by atoms with Crippen LogP contribution in [0.15, 0.2) is 6.07 Å². The molecule has 0 amide bonds. The van der Waals surface area contributed by atoms with Crippen LogP contribution in [0.25, 0.3) is 0 Å². The van der Waals surface area contributed by atoms with Gasteiger partial charge in [0.25, 0.3) is 0 Å². The van der Waals surface area contributed by atoms with Crippen molar-refractivity contribution in [3.05, 3.63) is 23.3 Å². The normalized spacial score (nSPS) is 19.6. The lowest BCUT2D eigenvalue weighted by Crippen LogP contribution is -2.45. The van der Waals surface area contributed by atoms with E-state index in [0.717, 1.165) is 30.1 Å². The van der Waals surface area contributed by atoms with Gasteiger partial charge in [0.1, 0.15) is 5.82 Å². The van der Waals surface area contributed by atoms with Crippen molar-refractivity contribution in [2.24, 2.45) is 5.73 Å². The molecule has 0 unspecified atom stereocenters. The molecule has 1 saturated carbocycles. The van der Waals surface area contributed by atoms with Crippen LogP contribution in [-0.2, 0) is 5.54 Å². The molecule has 0 saturated heterocycles. The molecule has 70 valence electrons. The first kappa shape index (κ1) is 8.63. The highest BCUT2D eigenvalue weighted by Crippen LogP contribution is 2.36. The average molecular weight is 177 g/mol. The molecule has 0 aromatic carbocycles. The van der Waals surface area contributed by atoms with Gasteiger partial charge in [0.15, 0.2) is 0 Å². The molecule has 1 aromatic heterocycles. The summed E-state index contributed by atoms with van der Waals surface area (Å²) in [6, 6.07) is 1.98. The molecule has 0 aliphatic heterocycles. The monoisotopic (exact) mass is 177 g/mol. The van der Waals surface area contributed by atoms with E-state index in [4.69, 9.17) is 5.73 Å². The van der Waals surface area contributed by atoms with Crippen LogP contribution in [0.2, 0.25) is 0 Å². The first-order chi connectivity index (χ1) is 6.10. The van der Waals surface area contributed by atoms with Crippen molar-refractivity contribution >= 4 is 0 Å². The van der Waals surface area contributed by atoms with Gasteiger partial charge in [-0.15, -0.1) is 0 Å². The predicted molar refractivity (Wildman–Crippen MR) is 51.2 cm³/mol. The van der Waals surface area contributed by atoms with E-state index in [1.165, 1.54) is 6.42 Å². The molecule has 2 N–H and O–H groups in total. The summed E-state index contributed by atoms with van der Waals surface area (Å²) in [4.78, 5) is 8.78. The van der Waals surface area contributed by atoms with Gasteiger partial charge in [-0.3, -0.25) is 0 Å². The van der Waals surface area contributed by atoms with E-state index in [0.29, 0.717) is 0 Å². The van der Waals surface area contributed by atoms with Gasteiger partial charge >= 0.3 is 0 Å². The van der Waals surface area contributed by atoms with Crippen LogP contribution in [0.1, 0.15) is 36.5 Å². The summed E-state index contributed by atoms with van der Waals surface area (Å²) in [6.07, 6.45) is 3.25. The van der Waals surface area contributed by atoms with Crippen molar-refractivity contribution < 1.29 is 0 Å². The molecule has 0 radical (unpaired) electrons. The second-order valence-electron chi connectivity index (χ2n) is 3.98. The lowest BCUT2D eigenvalue weighted by molar-refractivity contribution is 0.237. The summed E-state index contributed by atoms with van der Waals surface area (Å²) in [5.41, 5.74) is 7.94. The van der Waals surface area contributed by atoms with Crippen molar-refractivity contribution in [3.8, 4) is 0 Å². The number of hydrogen-bond donors (Lipinski definition) is 1. The Morgan fingerprint density at radius 3 is 2.15 bits per heavy atom. The van der Waals surface area contributed by atoms with E-state index in [2.05, 4.69) is 9.97 Å². The van der Waals surface area contributed by atoms with E-state index in [-0.39, 0.29) is 5.54 Å². The summed E-state index contributed by atoms with van der Waals surface area (Å²) in [5.74, 6) is 0.830. The summed E-state index contributed by atoms with van der Waals surface area (Å²) in [6.45, 7) is 3.97. The second-order valence-corrected chi connectivity index (χ2v) is 3.98. The van der Waals surface area contributed by atoms with Crippen LogP contribution in [0.3, 0.4) is 0 Å². The minimum Gasteiger partial charge on any atom is -0.319 e. The molecule has 1 heterocycles. The highest BCUT2D eigenvalue weighted by atomic mass is 15.0. The Labute approximate surface area is 78.4 Å². The number of aryl methyl sites for hydroxylation is 2. The number of nitrogens with zero attached hydrogens (tertiary/aromatic N) is 2. The van der Waals surface area contributed by atoms with Gasteiger partial charge < -0.3 is 5.73 Å². The Morgan fingerprint density at radius 1 is 1.23 bits per heavy atom. The topological polar surface area (TPSA) is 51.8 Å². The zero-order valence-corrected chi connectivity index (χ0v) is 8.17. The Bertz CT molecular complexity index is 309. The molecule has 13 heavy (non-hydrogen) atoms. The maximum atomic E-state index is 6.14. The molecule has 0 bridgehead atoms. The fraction of sp³-hybridized carbons (Fsp3) is 0.600. The Morgan fingerprint density at radius 2 is 1.77 bits per heavy atom. The lowest BCUT2D eigenvalue weighted by atomic mass is 9.77. The summed E-state index contributed by atoms with van der Waals surface area (Å²) < 4.78 is 0. The summed E-state index contributed by atoms with van der Waals surface area (Å²) >= 11 is 0. The highest BCUT2D eigenvalue weighted by molar-refractivity contribution is 5.16. The molecule has 0 atom stereocenters. The van der Waals surface area contributed by atoms with Gasteiger partial charge in [-0.05, 0) is 39.2 Å². The van der Waals surface area contributed by atoms with Crippen molar-refractivity contribution in [1.82, 2.24) is 9.97 Å². The molecule has 1 aromatic rings. The highest BCUT2D eigenvalue weighted by Gasteiger charge is 2.37. The first-order valence-electron chi connectivity index (χ1n) is 4.72. The molecule has 3 heteroatoms. The minimum atomic E-state index is -0.225. The van der Waals surface area contributed by atoms with Crippen molar-refractivity contribution in [2.45, 2.75) is 38.6 Å². The average Bonchev–Trinajstić information content (AvgIpc) is 1.98. The van der Waals surface area contributed by atoms with Crippen molar-refractivity contribution in [3.63, 3.8) is 0 Å². The van der Waals surface area contributed by atoms with Gasteiger partial charge in [-0.25, -0.2) is 9.97 Å². The standard InChI is InChI=1S/C10H15N3/c1-7-6-8(2)13-9(12-7)10(11)4-3-5-10/h6H,3-5,11H2,1-2H3. The van der Waals surface area contributed by atoms with Crippen LogP contribution in [0.5, 0.6) is 0 Å². The predicted octanol–water partition coefficient (Wildman–Crippen LogP) is 1.43. The van der Waals surface area contributed by atoms with Crippen LogP contribution >= 0.6 is 0 Å². The third-order valence-electron chi connectivity index (χ3n) is 2.67. The van der Waals surface area contributed by atoms with Crippen LogP contribution in [0, 0.1) is 13.8 Å². The zero-order chi connectivity index (χ0) is 9.47. The molecule has 1 aliphatic rings. The third kappa shape index (κ3) is 1.44. The zero-order valence-electron chi connectivity index (χ0n) is 8.17. The van der Waals surface area contributed by atoms with Crippen molar-refractivity contribution in [1.29, 1.82) is 0 Å². The largest absolute Gasteiger partial charge is 0.319 e. The smallest absolute Gasteiger partial charge is 0.148 e. The molecule has 1 fully saturated rings. The molecule has 3 nitrogen and oxygen atoms in total. The molecular formula is C10H15N3. The van der Waals surface area contributed by atoms with Crippen molar-refractivity contribution in [2.75, 3.05) is 0 Å². The van der Waals surface area contributed by atoms with Gasteiger partial charge in [0, 0.05) is 11.4 Å². The Balaban J connectivity index is 2.39. The molecule has 1 aliphatic carbocycles. The summed E-state index contributed by atoms with van der Waals surface area (Å²) in [7, 11) is 0. The quantitative estimate of drug-likeness (QED) is 0.706. The Hall–Kier alpha value is -0.960. The van der Waals surface area contributed by atoms with Crippen LogP contribution in [-0.4, -0.2) is 9.97 Å². The number of rotatable bonds is 1. The third-order valence-corrected chi connectivity index (χ3v) is 2.67. The molecule has 0 spiro atoms. The van der Waals surface area contributed by atoms with Gasteiger partial charge in [0.2, 0.25) is 0 Å². The van der Waals surface area contributed by atoms with Gasteiger partial charge in [0.05, 0.1) is 5.54 Å². The maximum absolute atomic E-state index is 6.14. The van der Waals surface area contributed by atoms with Crippen LogP contribution < -0.4 is 5.73 Å². The number of hydrogen-bond acceptors (Lipinski definition) is 3. The number of nitrogens with two attached hydrogens (primary N) is 1. The number of aromatic nitrogens is 2. The van der Waals surface area contributed by atoms with E-state index >= 15 is 0 Å². The maximum Gasteiger partial charge on any atom is 0.148 e. The SMILES string of the molecule is Cc1cc(C)nc(C2(N)CCC2)n1. The second kappa shape index (κ2) is 2.77. The fourth-order valence-corrected chi connectivity index (χ4v) is 1.73. The van der Waals surface area contributed by atoms with E-state index in [1.807, 2.05) is 19.9 Å². The molecule has 2 rings (SSSR count). The van der Waals surface area contributed by atoms with Crippen LogP contribution in [0.4, 0.5) is 0 Å². The Kier molecular flexibility index (Phi) is 1.84. The summed E-state index contributed by atoms with van der Waals surface area (Å²) in [5, 5.41) is 0. The van der Waals surface area contributed by atoms with Gasteiger partial charge in [-0.1, -0.05) is 0 Å². The van der Waals surface area contributed by atoms with Gasteiger partial charge in [-0.2, -0.15) is 0 Å². The van der Waals surface area contributed by atoms with E-state index < -0.39 is 0 Å². The lowest BCUT2D eigenvalue weighted by Gasteiger charge is -2.36. The fourth-order valence-electron chi connectivity index (χ4n) is 1.73. The van der Waals surface area contributed by atoms with E-state index in [9.17, 15) is 0 Å². The van der Waals surface area contributed by atoms with E-state index in [1.54, 1.807) is 0 Å².